The van der Waals surface area contributed by atoms with E-state index in [-0.39, 0.29) is 35.4 Å². The molecule has 0 heterocycles. The first-order chi connectivity index (χ1) is 24.0. The van der Waals surface area contributed by atoms with E-state index < -0.39 is 110 Å². The molecule has 4 rings (SSSR count). The predicted octanol–water partition coefficient (Wildman–Crippen LogP) is 8.43. The summed E-state index contributed by atoms with van der Waals surface area (Å²) in [6.07, 6.45) is -10.6. The molecule has 4 aromatic carbocycles. The van der Waals surface area contributed by atoms with Crippen molar-refractivity contribution in [2.45, 2.75) is 12.4 Å². The van der Waals surface area contributed by atoms with Gasteiger partial charge in [-0.2, -0.15) is 26.3 Å². The van der Waals surface area contributed by atoms with Gasteiger partial charge >= 0.3 is 46.5 Å². The zero-order valence-electron chi connectivity index (χ0n) is 24.4. The maximum atomic E-state index is 13.3. The van der Waals surface area contributed by atoms with Gasteiger partial charge in [0.1, 0.15) is 0 Å². The lowest BCUT2D eigenvalue weighted by Crippen LogP contribution is -2.08. The standard InChI is InChI=1S/C26H10F6N6O14/c27-25(28,29)13-7-17(35(43)44)23(18(8-13)36(45)46)51-21-3-1-11(5-15(21)33(39)40)12-2-4-22(16(6-12)34(41)42)52-24-19(37(47)48)9-14(26(30,31)32)10-20(24)38(49)50/h1-10H. The molecule has 52 heavy (non-hydrogen) atoms. The highest BCUT2D eigenvalue weighted by Crippen LogP contribution is 2.48. The van der Waals surface area contributed by atoms with Gasteiger partial charge in [0.25, 0.3) is 11.5 Å². The van der Waals surface area contributed by atoms with Crippen molar-refractivity contribution in [1.29, 1.82) is 0 Å². The third-order valence-corrected chi connectivity index (χ3v) is 6.61. The van der Waals surface area contributed by atoms with Gasteiger partial charge in [0.05, 0.1) is 40.7 Å². The Morgan fingerprint density at radius 2 is 0.654 bits per heavy atom. The summed E-state index contributed by atoms with van der Waals surface area (Å²) in [5, 5.41) is 70.0. The van der Waals surface area contributed by atoms with E-state index in [1.807, 2.05) is 0 Å². The molecule has 26 heteroatoms. The summed E-state index contributed by atoms with van der Waals surface area (Å²) in [4.78, 5) is 61.7. The second-order valence-electron chi connectivity index (χ2n) is 9.79. The summed E-state index contributed by atoms with van der Waals surface area (Å²) in [5.74, 6) is -4.84. The molecule has 0 aliphatic rings. The second kappa shape index (κ2) is 13.4. The van der Waals surface area contributed by atoms with Crippen LogP contribution in [0, 0.1) is 60.7 Å². The van der Waals surface area contributed by atoms with Crippen molar-refractivity contribution < 1.29 is 65.4 Å². The lowest BCUT2D eigenvalue weighted by molar-refractivity contribution is -0.396. The maximum absolute atomic E-state index is 13.3. The Hall–Kier alpha value is -7.54. The van der Waals surface area contributed by atoms with E-state index in [1.54, 1.807) is 0 Å². The molecule has 0 aromatic heterocycles. The SMILES string of the molecule is O=[N+]([O-])c1cc(-c2ccc(Oc3c([N+](=O)[O-])cc(C(F)(F)F)cc3[N+](=O)[O-])c([N+](=O)[O-])c2)ccc1Oc1c([N+](=O)[O-])cc(C(F)(F)F)cc1[N+](=O)[O-]. The summed E-state index contributed by atoms with van der Waals surface area (Å²) >= 11 is 0. The van der Waals surface area contributed by atoms with Gasteiger partial charge in [0.2, 0.25) is 11.5 Å². The van der Waals surface area contributed by atoms with Crippen molar-refractivity contribution >= 4 is 34.1 Å². The number of hydrogen-bond donors (Lipinski definition) is 0. The molecule has 4 aromatic rings. The average molecular weight is 744 g/mol. The van der Waals surface area contributed by atoms with E-state index in [0.29, 0.717) is 24.3 Å². The Morgan fingerprint density at radius 1 is 0.404 bits per heavy atom. The average Bonchev–Trinajstić information content (AvgIpc) is 3.03. The molecule has 20 nitrogen and oxygen atoms in total. The molecular formula is C26H10F6N6O14. The van der Waals surface area contributed by atoms with Crippen molar-refractivity contribution in [1.82, 2.24) is 0 Å². The third-order valence-electron chi connectivity index (χ3n) is 6.61. The van der Waals surface area contributed by atoms with Crippen LogP contribution < -0.4 is 9.47 Å². The molecule has 0 spiro atoms. The van der Waals surface area contributed by atoms with Crippen LogP contribution in [-0.4, -0.2) is 29.5 Å². The Balaban J connectivity index is 1.84. The van der Waals surface area contributed by atoms with Gasteiger partial charge in [-0.25, -0.2) is 0 Å². The van der Waals surface area contributed by atoms with Crippen molar-refractivity contribution in [3.63, 3.8) is 0 Å². The van der Waals surface area contributed by atoms with Crippen LogP contribution in [0.1, 0.15) is 11.1 Å². The molecular weight excluding hydrogens is 734 g/mol. The molecule has 0 radical (unpaired) electrons. The van der Waals surface area contributed by atoms with E-state index in [4.69, 9.17) is 9.47 Å². The molecule has 270 valence electrons. The molecule has 0 aliphatic heterocycles. The van der Waals surface area contributed by atoms with Crippen LogP contribution in [0.4, 0.5) is 60.5 Å². The number of rotatable bonds is 11. The summed E-state index contributed by atoms with van der Waals surface area (Å²) in [6, 6.07) is 3.92. The largest absolute Gasteiger partial charge is 0.437 e. The minimum atomic E-state index is -5.30. The van der Waals surface area contributed by atoms with Crippen LogP contribution in [0.3, 0.4) is 0 Å². The smallest absolute Gasteiger partial charge is 0.416 e. The van der Waals surface area contributed by atoms with E-state index in [1.165, 1.54) is 0 Å². The minimum absolute atomic E-state index is 0.112. The second-order valence-corrected chi connectivity index (χ2v) is 9.79. The van der Waals surface area contributed by atoms with Crippen LogP contribution in [0.5, 0.6) is 23.0 Å². The maximum Gasteiger partial charge on any atom is 0.416 e. The van der Waals surface area contributed by atoms with E-state index in [9.17, 15) is 87.0 Å². The van der Waals surface area contributed by atoms with Crippen molar-refractivity contribution in [2.24, 2.45) is 0 Å². The van der Waals surface area contributed by atoms with E-state index in [0.717, 1.165) is 12.1 Å². The Kier molecular flexibility index (Phi) is 9.61. The van der Waals surface area contributed by atoms with E-state index >= 15 is 0 Å². The Morgan fingerprint density at radius 3 is 0.865 bits per heavy atom. The first kappa shape index (κ1) is 37.3. The van der Waals surface area contributed by atoms with Gasteiger partial charge in [-0.3, -0.25) is 60.7 Å². The molecule has 0 saturated heterocycles. The molecule has 0 bridgehead atoms. The number of nitrogens with zero attached hydrogens (tertiary/aromatic N) is 6. The fourth-order valence-corrected chi connectivity index (χ4v) is 4.35. The molecule has 0 aliphatic carbocycles. The highest BCUT2D eigenvalue weighted by molar-refractivity contribution is 5.74. The van der Waals surface area contributed by atoms with Crippen LogP contribution in [0.15, 0.2) is 60.7 Å². The number of alkyl halides is 6. The van der Waals surface area contributed by atoms with Gasteiger partial charge in [0.15, 0.2) is 0 Å². The highest BCUT2D eigenvalue weighted by atomic mass is 19.4. The van der Waals surface area contributed by atoms with Gasteiger partial charge in [-0.1, -0.05) is 12.1 Å². The lowest BCUT2D eigenvalue weighted by Gasteiger charge is -2.12. The van der Waals surface area contributed by atoms with Gasteiger partial charge in [0, 0.05) is 36.4 Å². The van der Waals surface area contributed by atoms with Crippen LogP contribution >= 0.6 is 0 Å². The number of nitro groups is 6. The number of halogens is 6. The highest BCUT2D eigenvalue weighted by Gasteiger charge is 2.41. The van der Waals surface area contributed by atoms with Crippen molar-refractivity contribution in [3.8, 4) is 34.1 Å². The fraction of sp³-hybridized carbons (Fsp3) is 0.0769. The fourth-order valence-electron chi connectivity index (χ4n) is 4.35. The van der Waals surface area contributed by atoms with Crippen LogP contribution in [0.2, 0.25) is 0 Å². The number of hydrogen-bond acceptors (Lipinski definition) is 14. The summed E-state index contributed by atoms with van der Waals surface area (Å²) in [7, 11) is 0. The molecule has 0 fully saturated rings. The number of benzene rings is 4. The molecule has 0 atom stereocenters. The number of ether oxygens (including phenoxy) is 2. The monoisotopic (exact) mass is 744 g/mol. The van der Waals surface area contributed by atoms with Crippen molar-refractivity contribution in [2.75, 3.05) is 0 Å². The third kappa shape index (κ3) is 7.53. The van der Waals surface area contributed by atoms with Crippen molar-refractivity contribution in [3.05, 3.63) is 132 Å². The zero-order valence-corrected chi connectivity index (χ0v) is 24.4. The number of nitro benzene ring substituents is 6. The minimum Gasteiger partial charge on any atom is -0.437 e. The molecule has 0 amide bonds. The summed E-state index contributed by atoms with van der Waals surface area (Å²) in [5.41, 5.74) is -12.9. The lowest BCUT2D eigenvalue weighted by atomic mass is 10.0. The van der Waals surface area contributed by atoms with Crippen LogP contribution in [0.25, 0.3) is 11.1 Å². The Labute approximate surface area is 278 Å². The van der Waals surface area contributed by atoms with Gasteiger partial charge < -0.3 is 9.47 Å². The Bertz CT molecular complexity index is 2000. The zero-order chi connectivity index (χ0) is 39.0. The first-order valence-corrected chi connectivity index (χ1v) is 13.0. The summed E-state index contributed by atoms with van der Waals surface area (Å²) in [6.45, 7) is 0. The molecule has 0 N–H and O–H groups in total. The summed E-state index contributed by atoms with van der Waals surface area (Å²) < 4.78 is 89.6. The normalized spacial score (nSPS) is 11.4. The quantitative estimate of drug-likeness (QED) is 0.0791. The topological polar surface area (TPSA) is 277 Å². The molecule has 0 saturated carbocycles. The van der Waals surface area contributed by atoms with Gasteiger partial charge in [-0.15, -0.1) is 0 Å². The predicted molar refractivity (Wildman–Crippen MR) is 155 cm³/mol. The van der Waals surface area contributed by atoms with Crippen LogP contribution in [-0.2, 0) is 12.4 Å². The van der Waals surface area contributed by atoms with Gasteiger partial charge in [-0.05, 0) is 23.3 Å². The molecule has 0 unspecified atom stereocenters. The van der Waals surface area contributed by atoms with E-state index in [2.05, 4.69) is 0 Å². The first-order valence-electron chi connectivity index (χ1n) is 13.0.